The molecule has 1 N–H and O–H groups in total. The first-order valence-corrected chi connectivity index (χ1v) is 14.9. The Morgan fingerprint density at radius 3 is 2.33 bits per heavy atom. The number of halogens is 1. The number of amides is 2. The van der Waals surface area contributed by atoms with Crippen molar-refractivity contribution in [3.63, 3.8) is 0 Å². The maximum absolute atomic E-state index is 14.0. The second kappa shape index (κ2) is 13.7. The van der Waals surface area contributed by atoms with Crippen molar-refractivity contribution < 1.29 is 22.7 Å². The molecule has 0 saturated carbocycles. The van der Waals surface area contributed by atoms with Crippen LogP contribution in [-0.2, 0) is 26.2 Å². The SMILES string of the molecule is CC[C@H](C)NC(=O)[C@H](C)N(Cc1cccc(OC)c1)C(=O)CN(c1ccc(C)c(Cl)c1)S(=O)(=O)c1ccccc1. The van der Waals surface area contributed by atoms with E-state index in [1.165, 1.54) is 23.1 Å². The molecule has 0 heterocycles. The third-order valence-corrected chi connectivity index (χ3v) is 8.90. The molecule has 0 unspecified atom stereocenters. The van der Waals surface area contributed by atoms with Gasteiger partial charge in [0.25, 0.3) is 10.0 Å². The van der Waals surface area contributed by atoms with Gasteiger partial charge >= 0.3 is 0 Å². The second-order valence-electron chi connectivity index (χ2n) is 9.63. The van der Waals surface area contributed by atoms with Crippen LogP contribution < -0.4 is 14.4 Å². The van der Waals surface area contributed by atoms with Crippen LogP contribution in [0.25, 0.3) is 0 Å². The molecule has 40 heavy (non-hydrogen) atoms. The van der Waals surface area contributed by atoms with Crippen molar-refractivity contribution in [1.82, 2.24) is 10.2 Å². The zero-order valence-electron chi connectivity index (χ0n) is 23.4. The molecule has 0 radical (unpaired) electrons. The molecule has 2 atom stereocenters. The number of nitrogens with one attached hydrogen (secondary N) is 1. The fraction of sp³-hybridized carbons (Fsp3) is 0.333. The standard InChI is InChI=1S/C30H36ClN3O5S/c1-6-22(3)32-30(36)23(4)33(19-24-11-10-12-26(17-24)39-5)29(35)20-34(25-16-15-21(2)28(31)18-25)40(37,38)27-13-8-7-9-14-27/h7-18,22-23H,6,19-20H2,1-5H3,(H,32,36)/t22-,23-/m0/s1. The number of hydrogen-bond donors (Lipinski definition) is 1. The van der Waals surface area contributed by atoms with Crippen molar-refractivity contribution in [3.05, 3.63) is 88.9 Å². The first-order valence-electron chi connectivity index (χ1n) is 13.0. The molecule has 8 nitrogen and oxygen atoms in total. The highest BCUT2D eigenvalue weighted by atomic mass is 35.5. The van der Waals surface area contributed by atoms with Crippen LogP contribution >= 0.6 is 11.6 Å². The van der Waals surface area contributed by atoms with Crippen molar-refractivity contribution in [2.24, 2.45) is 0 Å². The van der Waals surface area contributed by atoms with Gasteiger partial charge in [-0.25, -0.2) is 8.42 Å². The summed E-state index contributed by atoms with van der Waals surface area (Å²) in [4.78, 5) is 28.6. The summed E-state index contributed by atoms with van der Waals surface area (Å²) in [5.41, 5.74) is 1.74. The number of methoxy groups -OCH3 is 1. The fourth-order valence-electron chi connectivity index (χ4n) is 4.00. The summed E-state index contributed by atoms with van der Waals surface area (Å²) in [6.45, 7) is 6.80. The molecule has 0 aromatic heterocycles. The Balaban J connectivity index is 2.05. The lowest BCUT2D eigenvalue weighted by molar-refractivity contribution is -0.139. The van der Waals surface area contributed by atoms with E-state index in [1.807, 2.05) is 19.9 Å². The minimum Gasteiger partial charge on any atom is -0.497 e. The number of anilines is 1. The van der Waals surface area contributed by atoms with Crippen LogP contribution in [0, 0.1) is 6.92 Å². The molecule has 10 heteroatoms. The van der Waals surface area contributed by atoms with E-state index >= 15 is 0 Å². The van der Waals surface area contributed by atoms with E-state index in [4.69, 9.17) is 16.3 Å². The van der Waals surface area contributed by atoms with Gasteiger partial charge in [-0.2, -0.15) is 0 Å². The highest BCUT2D eigenvalue weighted by molar-refractivity contribution is 7.92. The monoisotopic (exact) mass is 585 g/mol. The van der Waals surface area contributed by atoms with Gasteiger partial charge in [0.15, 0.2) is 0 Å². The largest absolute Gasteiger partial charge is 0.497 e. The molecular formula is C30H36ClN3O5S. The van der Waals surface area contributed by atoms with Gasteiger partial charge in [-0.3, -0.25) is 13.9 Å². The zero-order chi connectivity index (χ0) is 29.4. The van der Waals surface area contributed by atoms with E-state index < -0.39 is 28.5 Å². The second-order valence-corrected chi connectivity index (χ2v) is 11.9. The maximum atomic E-state index is 14.0. The van der Waals surface area contributed by atoms with E-state index in [0.717, 1.165) is 21.9 Å². The molecule has 0 fully saturated rings. The summed E-state index contributed by atoms with van der Waals surface area (Å²) in [7, 11) is -2.61. The Bertz CT molecular complexity index is 1430. The Kier molecular flexibility index (Phi) is 10.6. The van der Waals surface area contributed by atoms with Gasteiger partial charge in [-0.15, -0.1) is 0 Å². The number of carbonyl (C=O) groups is 2. The molecule has 2 amide bonds. The quantitative estimate of drug-likeness (QED) is 0.316. The van der Waals surface area contributed by atoms with Gasteiger partial charge in [-0.1, -0.05) is 54.9 Å². The van der Waals surface area contributed by atoms with Crippen molar-refractivity contribution in [2.45, 2.75) is 57.6 Å². The summed E-state index contributed by atoms with van der Waals surface area (Å²) in [6.07, 6.45) is 0.722. The maximum Gasteiger partial charge on any atom is 0.264 e. The van der Waals surface area contributed by atoms with E-state index in [0.29, 0.717) is 10.8 Å². The van der Waals surface area contributed by atoms with Crippen LogP contribution in [-0.4, -0.2) is 50.9 Å². The molecule has 0 aliphatic carbocycles. The number of sulfonamides is 1. The number of rotatable bonds is 12. The lowest BCUT2D eigenvalue weighted by Crippen LogP contribution is -2.52. The molecule has 3 rings (SSSR count). The average Bonchev–Trinajstić information content (AvgIpc) is 2.96. The van der Waals surface area contributed by atoms with Crippen LogP contribution in [0.4, 0.5) is 5.69 Å². The summed E-state index contributed by atoms with van der Waals surface area (Å²) >= 11 is 6.36. The molecule has 0 aliphatic rings. The Hall–Kier alpha value is -3.56. The molecule has 214 valence electrons. The van der Waals surface area contributed by atoms with Gasteiger partial charge in [0.05, 0.1) is 17.7 Å². The Morgan fingerprint density at radius 2 is 1.70 bits per heavy atom. The van der Waals surface area contributed by atoms with Crippen LogP contribution in [0.5, 0.6) is 5.75 Å². The number of hydrogen-bond acceptors (Lipinski definition) is 5. The van der Waals surface area contributed by atoms with Gasteiger partial charge in [-0.05, 0) is 74.7 Å². The lowest BCUT2D eigenvalue weighted by Gasteiger charge is -2.32. The van der Waals surface area contributed by atoms with Gasteiger partial charge < -0.3 is 15.0 Å². The topological polar surface area (TPSA) is 96.0 Å². The van der Waals surface area contributed by atoms with E-state index in [1.54, 1.807) is 69.5 Å². The third kappa shape index (κ3) is 7.55. The van der Waals surface area contributed by atoms with Gasteiger partial charge in [0.1, 0.15) is 18.3 Å². The summed E-state index contributed by atoms with van der Waals surface area (Å²) in [5, 5.41) is 3.29. The first-order chi connectivity index (χ1) is 19.0. The summed E-state index contributed by atoms with van der Waals surface area (Å²) in [6, 6.07) is 18.9. The van der Waals surface area contributed by atoms with Crippen molar-refractivity contribution in [1.29, 1.82) is 0 Å². The molecule has 3 aromatic carbocycles. The van der Waals surface area contributed by atoms with Crippen LogP contribution in [0.2, 0.25) is 5.02 Å². The van der Waals surface area contributed by atoms with Gasteiger partial charge in [0.2, 0.25) is 11.8 Å². The third-order valence-electron chi connectivity index (χ3n) is 6.71. The highest BCUT2D eigenvalue weighted by Crippen LogP contribution is 2.28. The molecule has 0 saturated heterocycles. The van der Waals surface area contributed by atoms with E-state index in [9.17, 15) is 18.0 Å². The lowest BCUT2D eigenvalue weighted by atomic mass is 10.1. The number of ether oxygens (including phenoxy) is 1. The summed E-state index contributed by atoms with van der Waals surface area (Å²) < 4.78 is 34.0. The Labute approximate surface area is 241 Å². The fourth-order valence-corrected chi connectivity index (χ4v) is 5.60. The Morgan fingerprint density at radius 1 is 1.00 bits per heavy atom. The van der Waals surface area contributed by atoms with Crippen molar-refractivity contribution in [2.75, 3.05) is 18.0 Å². The molecule has 3 aromatic rings. The van der Waals surface area contributed by atoms with Crippen molar-refractivity contribution in [3.8, 4) is 5.75 Å². The highest BCUT2D eigenvalue weighted by Gasteiger charge is 2.33. The van der Waals surface area contributed by atoms with E-state index in [2.05, 4.69) is 5.32 Å². The van der Waals surface area contributed by atoms with Crippen LogP contribution in [0.3, 0.4) is 0 Å². The minimum absolute atomic E-state index is 0.0291. The van der Waals surface area contributed by atoms with Crippen molar-refractivity contribution >= 4 is 39.1 Å². The normalized spacial score (nSPS) is 12.8. The predicted octanol–water partition coefficient (Wildman–Crippen LogP) is 5.18. The molecular weight excluding hydrogens is 550 g/mol. The number of aryl methyl sites for hydroxylation is 1. The first kappa shape index (κ1) is 31.0. The molecule has 0 bridgehead atoms. The predicted molar refractivity (Wildman–Crippen MR) is 158 cm³/mol. The summed E-state index contributed by atoms with van der Waals surface area (Å²) in [5.74, 6) is -0.281. The molecule has 0 aliphatic heterocycles. The number of benzene rings is 3. The van der Waals surface area contributed by atoms with Gasteiger partial charge in [0, 0.05) is 17.6 Å². The van der Waals surface area contributed by atoms with Crippen LogP contribution in [0.1, 0.15) is 38.3 Å². The van der Waals surface area contributed by atoms with E-state index in [-0.39, 0.29) is 29.1 Å². The average molecular weight is 586 g/mol. The zero-order valence-corrected chi connectivity index (χ0v) is 25.0. The number of carbonyl (C=O) groups excluding carboxylic acids is 2. The minimum atomic E-state index is -4.16. The van der Waals surface area contributed by atoms with Crippen LogP contribution in [0.15, 0.2) is 77.7 Å². The number of nitrogens with zero attached hydrogens (tertiary/aromatic N) is 2. The smallest absolute Gasteiger partial charge is 0.264 e. The molecule has 0 spiro atoms.